The van der Waals surface area contributed by atoms with Gasteiger partial charge in [0, 0.05) is 10.6 Å². The van der Waals surface area contributed by atoms with Crippen molar-refractivity contribution in [3.63, 3.8) is 0 Å². The van der Waals surface area contributed by atoms with Gasteiger partial charge in [0.25, 0.3) is 0 Å². The van der Waals surface area contributed by atoms with Crippen LogP contribution in [0.1, 0.15) is 11.5 Å². The molecule has 0 radical (unpaired) electrons. The molecule has 0 bridgehead atoms. The number of amides is 1. The van der Waals surface area contributed by atoms with Gasteiger partial charge in [-0.3, -0.25) is 9.59 Å². The molecule has 21 heavy (non-hydrogen) atoms. The number of fused-ring (bicyclic) bond motifs is 1. The molecule has 1 amide bonds. The summed E-state index contributed by atoms with van der Waals surface area (Å²) in [6, 6.07) is 14.4. The zero-order valence-electron chi connectivity index (χ0n) is 11.3. The first-order chi connectivity index (χ1) is 10.2. The molecule has 5 heteroatoms. The highest BCUT2D eigenvalue weighted by atomic mass is 32.2. The summed E-state index contributed by atoms with van der Waals surface area (Å²) in [7, 11) is 1.58. The average molecular weight is 299 g/mol. The third kappa shape index (κ3) is 2.64. The summed E-state index contributed by atoms with van der Waals surface area (Å²) < 4.78 is 5.07. The van der Waals surface area contributed by atoms with Crippen molar-refractivity contribution in [1.82, 2.24) is 0 Å². The Labute approximate surface area is 126 Å². The second kappa shape index (κ2) is 5.61. The second-order valence-corrected chi connectivity index (χ2v) is 5.66. The maximum atomic E-state index is 12.4. The number of thioether (sulfide) groups is 1. The Balaban J connectivity index is 1.80. The third-order valence-corrected chi connectivity index (χ3v) is 4.32. The smallest absolute Gasteiger partial charge is 0.240 e. The van der Waals surface area contributed by atoms with Crippen LogP contribution >= 0.6 is 11.8 Å². The fourth-order valence-electron chi connectivity index (χ4n) is 2.24. The molecule has 0 saturated carbocycles. The summed E-state index contributed by atoms with van der Waals surface area (Å²) in [4.78, 5) is 25.3. The lowest BCUT2D eigenvalue weighted by Crippen LogP contribution is -2.23. The van der Waals surface area contributed by atoms with Gasteiger partial charge in [0.15, 0.2) is 0 Å². The highest BCUT2D eigenvalue weighted by Crippen LogP contribution is 2.41. The van der Waals surface area contributed by atoms with E-state index >= 15 is 0 Å². The normalized spacial score (nSPS) is 16.4. The van der Waals surface area contributed by atoms with E-state index in [9.17, 15) is 9.59 Å². The largest absolute Gasteiger partial charge is 0.497 e. The van der Waals surface area contributed by atoms with Gasteiger partial charge in [-0.2, -0.15) is 0 Å². The maximum absolute atomic E-state index is 12.4. The second-order valence-electron chi connectivity index (χ2n) is 4.61. The van der Waals surface area contributed by atoms with Crippen LogP contribution in [0.5, 0.6) is 5.75 Å². The van der Waals surface area contributed by atoms with E-state index in [-0.39, 0.29) is 11.0 Å². The summed E-state index contributed by atoms with van der Waals surface area (Å²) in [6.45, 7) is 0. The van der Waals surface area contributed by atoms with Crippen LogP contribution < -0.4 is 10.1 Å². The molecule has 0 saturated heterocycles. The Kier molecular flexibility index (Phi) is 3.66. The molecule has 0 spiro atoms. The fourth-order valence-corrected chi connectivity index (χ4v) is 3.26. The molecule has 1 aliphatic heterocycles. The van der Waals surface area contributed by atoms with Crippen LogP contribution in [0.25, 0.3) is 0 Å². The monoisotopic (exact) mass is 299 g/mol. The molecule has 106 valence electrons. The number of methoxy groups -OCH3 is 1. The van der Waals surface area contributed by atoms with Crippen molar-refractivity contribution < 1.29 is 14.3 Å². The van der Waals surface area contributed by atoms with Crippen LogP contribution in [0.2, 0.25) is 0 Å². The number of nitrogens with one attached hydrogen (secondary N) is 1. The number of benzene rings is 2. The average Bonchev–Trinajstić information content (AvgIpc) is 2.83. The van der Waals surface area contributed by atoms with E-state index < -0.39 is 5.92 Å². The number of hydrogen-bond acceptors (Lipinski definition) is 4. The fraction of sp³-hybridized carbons (Fsp3) is 0.125. The summed E-state index contributed by atoms with van der Waals surface area (Å²) in [5.74, 6) is -0.332. The quantitative estimate of drug-likeness (QED) is 0.885. The summed E-state index contributed by atoms with van der Waals surface area (Å²) in [5, 5.41) is 2.64. The number of rotatable bonds is 3. The molecule has 0 aliphatic carbocycles. The van der Waals surface area contributed by atoms with E-state index in [1.54, 1.807) is 31.4 Å². The standard InChI is InChI=1S/C16H13NO3S/c1-20-11-8-6-10(7-9-11)17-15(18)14-12-4-2-3-5-13(12)21-16(14)19/h2-9,14H,1H3,(H,17,18). The van der Waals surface area contributed by atoms with Gasteiger partial charge >= 0.3 is 0 Å². The minimum absolute atomic E-state index is 0.137. The van der Waals surface area contributed by atoms with E-state index in [1.165, 1.54) is 0 Å². The van der Waals surface area contributed by atoms with Crippen LogP contribution in [-0.2, 0) is 9.59 Å². The predicted molar refractivity (Wildman–Crippen MR) is 81.7 cm³/mol. The lowest BCUT2D eigenvalue weighted by Gasteiger charge is -2.11. The van der Waals surface area contributed by atoms with Gasteiger partial charge in [0.05, 0.1) is 7.11 Å². The van der Waals surface area contributed by atoms with E-state index in [2.05, 4.69) is 5.32 Å². The van der Waals surface area contributed by atoms with Crippen LogP contribution in [-0.4, -0.2) is 18.1 Å². The first-order valence-corrected chi connectivity index (χ1v) is 7.26. The lowest BCUT2D eigenvalue weighted by atomic mass is 10.00. The molecule has 1 atom stereocenters. The molecule has 0 aromatic heterocycles. The van der Waals surface area contributed by atoms with Crippen molar-refractivity contribution in [2.45, 2.75) is 10.8 Å². The van der Waals surface area contributed by atoms with Crippen molar-refractivity contribution >= 4 is 28.5 Å². The van der Waals surface area contributed by atoms with Crippen LogP contribution in [0, 0.1) is 0 Å². The third-order valence-electron chi connectivity index (χ3n) is 3.30. The van der Waals surface area contributed by atoms with E-state index in [4.69, 9.17) is 4.74 Å². The molecule has 3 rings (SSSR count). The minimum atomic E-state index is -0.742. The number of ether oxygens (including phenoxy) is 1. The van der Waals surface area contributed by atoms with Gasteiger partial charge in [-0.1, -0.05) is 30.0 Å². The number of carbonyl (C=O) groups is 2. The van der Waals surface area contributed by atoms with Crippen molar-refractivity contribution in [2.24, 2.45) is 0 Å². The molecular weight excluding hydrogens is 286 g/mol. The van der Waals surface area contributed by atoms with Crippen LogP contribution in [0.3, 0.4) is 0 Å². The van der Waals surface area contributed by atoms with Crippen molar-refractivity contribution in [3.8, 4) is 5.75 Å². The SMILES string of the molecule is COc1ccc(NC(=O)C2C(=O)Sc3ccccc32)cc1. The Morgan fingerprint density at radius 1 is 1.14 bits per heavy atom. The Hall–Kier alpha value is -2.27. The van der Waals surface area contributed by atoms with Crippen LogP contribution in [0.15, 0.2) is 53.4 Å². The molecule has 4 nitrogen and oxygen atoms in total. The zero-order chi connectivity index (χ0) is 14.8. The molecule has 1 aliphatic rings. The molecule has 0 fully saturated rings. The first-order valence-electron chi connectivity index (χ1n) is 6.44. The van der Waals surface area contributed by atoms with Gasteiger partial charge < -0.3 is 10.1 Å². The molecule has 1 heterocycles. The minimum Gasteiger partial charge on any atom is -0.497 e. The van der Waals surface area contributed by atoms with Gasteiger partial charge in [0.1, 0.15) is 11.7 Å². The Bertz CT molecular complexity index is 697. The molecule has 1 N–H and O–H groups in total. The molecule has 2 aromatic rings. The number of hydrogen-bond donors (Lipinski definition) is 1. The van der Waals surface area contributed by atoms with Gasteiger partial charge in [-0.25, -0.2) is 0 Å². The highest BCUT2D eigenvalue weighted by molar-refractivity contribution is 8.14. The predicted octanol–water partition coefficient (Wildman–Crippen LogP) is 3.05. The van der Waals surface area contributed by atoms with Crippen molar-refractivity contribution in [3.05, 3.63) is 54.1 Å². The summed E-state index contributed by atoms with van der Waals surface area (Å²) in [5.41, 5.74) is 1.42. The summed E-state index contributed by atoms with van der Waals surface area (Å²) in [6.07, 6.45) is 0. The number of carbonyl (C=O) groups excluding carboxylic acids is 2. The Morgan fingerprint density at radius 2 is 1.86 bits per heavy atom. The van der Waals surface area contributed by atoms with Crippen molar-refractivity contribution in [1.29, 1.82) is 0 Å². The van der Waals surface area contributed by atoms with E-state index in [1.807, 2.05) is 24.3 Å². The van der Waals surface area contributed by atoms with Gasteiger partial charge in [-0.05, 0) is 35.9 Å². The highest BCUT2D eigenvalue weighted by Gasteiger charge is 2.36. The molecule has 2 aromatic carbocycles. The number of anilines is 1. The van der Waals surface area contributed by atoms with Gasteiger partial charge in [-0.15, -0.1) is 0 Å². The van der Waals surface area contributed by atoms with Crippen molar-refractivity contribution in [2.75, 3.05) is 12.4 Å². The lowest BCUT2D eigenvalue weighted by molar-refractivity contribution is -0.123. The first kappa shape index (κ1) is 13.7. The summed E-state index contributed by atoms with van der Waals surface area (Å²) >= 11 is 1.12. The van der Waals surface area contributed by atoms with E-state index in [0.29, 0.717) is 11.4 Å². The van der Waals surface area contributed by atoms with Gasteiger partial charge in [0.2, 0.25) is 11.0 Å². The van der Waals surface area contributed by atoms with Crippen LogP contribution in [0.4, 0.5) is 5.69 Å². The Morgan fingerprint density at radius 3 is 2.57 bits per heavy atom. The molecule has 1 unspecified atom stereocenters. The zero-order valence-corrected chi connectivity index (χ0v) is 12.1. The van der Waals surface area contributed by atoms with E-state index in [0.717, 1.165) is 22.2 Å². The molecular formula is C16H13NO3S. The topological polar surface area (TPSA) is 55.4 Å². The maximum Gasteiger partial charge on any atom is 0.240 e.